The fraction of sp³-hybridized carbons (Fsp3) is 0.400. The van der Waals surface area contributed by atoms with Crippen LogP contribution in [0.2, 0.25) is 0 Å². The minimum absolute atomic E-state index is 0.0134. The summed E-state index contributed by atoms with van der Waals surface area (Å²) in [6, 6.07) is 10.2. The number of benzene rings is 1. The first-order valence-electron chi connectivity index (χ1n) is 7.07. The van der Waals surface area contributed by atoms with Crippen molar-refractivity contribution in [1.29, 1.82) is 0 Å². The number of aryl methyl sites for hydroxylation is 1. The largest absolute Gasteiger partial charge is 0.384 e. The summed E-state index contributed by atoms with van der Waals surface area (Å²) < 4.78 is 5.83. The molecule has 0 fully saturated rings. The molecular weight excluding hydrogens is 318 g/mol. The standard InChI is InChI=1S/C15H19N3O2S2/c1-20-10-11-21-15-18-17-14(22-15)16-13(19)9-5-8-12-6-3-2-4-7-12/h2-4,6-7H,5,8-11H2,1H3,(H,16,17,19). The number of rotatable bonds is 9. The van der Waals surface area contributed by atoms with Crippen molar-refractivity contribution in [3.8, 4) is 0 Å². The van der Waals surface area contributed by atoms with E-state index in [-0.39, 0.29) is 5.91 Å². The molecule has 1 aromatic heterocycles. The smallest absolute Gasteiger partial charge is 0.226 e. The molecule has 7 heteroatoms. The van der Waals surface area contributed by atoms with Crippen LogP contribution in [0.25, 0.3) is 0 Å². The van der Waals surface area contributed by atoms with Crippen LogP contribution in [0.5, 0.6) is 0 Å². The summed E-state index contributed by atoms with van der Waals surface area (Å²) in [7, 11) is 1.67. The second-order valence-corrected chi connectivity index (χ2v) is 6.92. The second-order valence-electron chi connectivity index (χ2n) is 4.60. The first-order valence-corrected chi connectivity index (χ1v) is 8.87. The third-order valence-electron chi connectivity index (χ3n) is 2.88. The lowest BCUT2D eigenvalue weighted by molar-refractivity contribution is -0.116. The summed E-state index contributed by atoms with van der Waals surface area (Å²) in [6.07, 6.45) is 2.22. The molecule has 0 spiro atoms. The molecule has 0 aliphatic carbocycles. The highest BCUT2D eigenvalue weighted by Gasteiger charge is 2.08. The van der Waals surface area contributed by atoms with E-state index in [1.165, 1.54) is 16.9 Å². The number of nitrogens with one attached hydrogen (secondary N) is 1. The van der Waals surface area contributed by atoms with E-state index in [1.54, 1.807) is 18.9 Å². The Bertz CT molecular complexity index is 575. The van der Waals surface area contributed by atoms with Crippen LogP contribution < -0.4 is 5.32 Å². The van der Waals surface area contributed by atoms with Crippen molar-refractivity contribution >= 4 is 34.1 Å². The van der Waals surface area contributed by atoms with Crippen LogP contribution in [0.4, 0.5) is 5.13 Å². The van der Waals surface area contributed by atoms with Crippen LogP contribution in [0.15, 0.2) is 34.7 Å². The van der Waals surface area contributed by atoms with Crippen LogP contribution in [0, 0.1) is 0 Å². The summed E-state index contributed by atoms with van der Waals surface area (Å²) in [5.74, 6) is 0.816. The molecule has 0 aliphatic rings. The molecule has 22 heavy (non-hydrogen) atoms. The van der Waals surface area contributed by atoms with Gasteiger partial charge < -0.3 is 10.1 Å². The molecule has 2 rings (SSSR count). The van der Waals surface area contributed by atoms with Crippen LogP contribution in [0.1, 0.15) is 18.4 Å². The van der Waals surface area contributed by atoms with E-state index in [1.807, 2.05) is 18.2 Å². The van der Waals surface area contributed by atoms with Gasteiger partial charge in [0, 0.05) is 19.3 Å². The highest BCUT2D eigenvalue weighted by molar-refractivity contribution is 8.01. The molecule has 0 saturated heterocycles. The molecule has 5 nitrogen and oxygen atoms in total. The first-order chi connectivity index (χ1) is 10.8. The molecule has 1 heterocycles. The minimum atomic E-state index is -0.0134. The number of hydrogen-bond donors (Lipinski definition) is 1. The number of carbonyl (C=O) groups is 1. The molecule has 0 radical (unpaired) electrons. The van der Waals surface area contributed by atoms with Gasteiger partial charge in [0.25, 0.3) is 0 Å². The van der Waals surface area contributed by atoms with Gasteiger partial charge in [-0.25, -0.2) is 0 Å². The maximum absolute atomic E-state index is 11.9. The summed E-state index contributed by atoms with van der Waals surface area (Å²) in [4.78, 5) is 11.9. The maximum atomic E-state index is 11.9. The molecular formula is C15H19N3O2S2. The van der Waals surface area contributed by atoms with Crippen LogP contribution in [-0.2, 0) is 16.0 Å². The normalized spacial score (nSPS) is 10.6. The molecule has 0 atom stereocenters. The summed E-state index contributed by atoms with van der Waals surface area (Å²) in [6.45, 7) is 0.672. The van der Waals surface area contributed by atoms with E-state index < -0.39 is 0 Å². The van der Waals surface area contributed by atoms with Crippen molar-refractivity contribution in [2.24, 2.45) is 0 Å². The molecule has 0 unspecified atom stereocenters. The summed E-state index contributed by atoms with van der Waals surface area (Å²) in [5, 5.41) is 11.4. The Hall–Kier alpha value is -1.44. The van der Waals surface area contributed by atoms with E-state index in [0.29, 0.717) is 18.2 Å². The highest BCUT2D eigenvalue weighted by Crippen LogP contribution is 2.25. The van der Waals surface area contributed by atoms with Crippen LogP contribution in [-0.4, -0.2) is 35.6 Å². The number of amides is 1. The van der Waals surface area contributed by atoms with E-state index in [9.17, 15) is 4.79 Å². The predicted octanol–water partition coefficient (Wildman–Crippen LogP) is 3.24. The third-order valence-corrected chi connectivity index (χ3v) is 4.81. The maximum Gasteiger partial charge on any atom is 0.226 e. The van der Waals surface area contributed by atoms with E-state index in [4.69, 9.17) is 4.74 Å². The lowest BCUT2D eigenvalue weighted by Crippen LogP contribution is -2.11. The SMILES string of the molecule is COCCSc1nnc(NC(=O)CCCc2ccccc2)s1. The van der Waals surface area contributed by atoms with Crippen molar-refractivity contribution in [1.82, 2.24) is 10.2 Å². The number of anilines is 1. The van der Waals surface area contributed by atoms with E-state index in [0.717, 1.165) is 22.9 Å². The summed E-state index contributed by atoms with van der Waals surface area (Å²) in [5.41, 5.74) is 1.25. The zero-order valence-corrected chi connectivity index (χ0v) is 14.1. The third kappa shape index (κ3) is 6.13. The van der Waals surface area contributed by atoms with Crippen molar-refractivity contribution in [2.75, 3.05) is 24.8 Å². The van der Waals surface area contributed by atoms with Gasteiger partial charge >= 0.3 is 0 Å². The topological polar surface area (TPSA) is 64.1 Å². The predicted molar refractivity (Wildman–Crippen MR) is 90.5 cm³/mol. The van der Waals surface area contributed by atoms with Gasteiger partial charge in [-0.3, -0.25) is 4.79 Å². The van der Waals surface area contributed by atoms with Crippen LogP contribution >= 0.6 is 23.1 Å². The Morgan fingerprint density at radius 1 is 1.32 bits per heavy atom. The Morgan fingerprint density at radius 3 is 2.91 bits per heavy atom. The number of carbonyl (C=O) groups excluding carboxylic acids is 1. The Morgan fingerprint density at radius 2 is 2.14 bits per heavy atom. The van der Waals surface area contributed by atoms with Gasteiger partial charge in [0.05, 0.1) is 6.61 Å². The summed E-state index contributed by atoms with van der Waals surface area (Å²) >= 11 is 2.97. The number of hydrogen-bond acceptors (Lipinski definition) is 6. The second kappa shape index (κ2) is 9.55. The van der Waals surface area contributed by atoms with Gasteiger partial charge in [0.1, 0.15) is 0 Å². The van der Waals surface area contributed by atoms with Crippen molar-refractivity contribution < 1.29 is 9.53 Å². The van der Waals surface area contributed by atoms with E-state index >= 15 is 0 Å². The molecule has 1 aromatic carbocycles. The van der Waals surface area contributed by atoms with Crippen molar-refractivity contribution in [3.63, 3.8) is 0 Å². The van der Waals surface area contributed by atoms with Gasteiger partial charge in [0.2, 0.25) is 11.0 Å². The number of aromatic nitrogens is 2. The Balaban J connectivity index is 1.68. The van der Waals surface area contributed by atoms with Gasteiger partial charge in [-0.05, 0) is 18.4 Å². The minimum Gasteiger partial charge on any atom is -0.384 e. The molecule has 2 aromatic rings. The molecule has 0 aliphatic heterocycles. The average molecular weight is 337 g/mol. The number of nitrogens with zero attached hydrogens (tertiary/aromatic N) is 2. The monoisotopic (exact) mass is 337 g/mol. The molecule has 118 valence electrons. The lowest BCUT2D eigenvalue weighted by Gasteiger charge is -2.01. The molecule has 1 amide bonds. The van der Waals surface area contributed by atoms with Gasteiger partial charge in [0.15, 0.2) is 4.34 Å². The number of ether oxygens (including phenoxy) is 1. The Kier molecular flexibility index (Phi) is 7.35. The first kappa shape index (κ1) is 16.9. The zero-order chi connectivity index (χ0) is 15.6. The average Bonchev–Trinajstić information content (AvgIpc) is 2.96. The highest BCUT2D eigenvalue weighted by atomic mass is 32.2. The van der Waals surface area contributed by atoms with Gasteiger partial charge in [-0.1, -0.05) is 53.4 Å². The van der Waals surface area contributed by atoms with Crippen molar-refractivity contribution in [2.45, 2.75) is 23.6 Å². The fourth-order valence-corrected chi connectivity index (χ4v) is 3.55. The van der Waals surface area contributed by atoms with Gasteiger partial charge in [-0.2, -0.15) is 0 Å². The number of thioether (sulfide) groups is 1. The number of methoxy groups -OCH3 is 1. The molecule has 1 N–H and O–H groups in total. The fourth-order valence-electron chi connectivity index (χ4n) is 1.81. The van der Waals surface area contributed by atoms with Crippen LogP contribution in [0.3, 0.4) is 0 Å². The quantitative estimate of drug-likeness (QED) is 0.432. The molecule has 0 saturated carbocycles. The van der Waals surface area contributed by atoms with E-state index in [2.05, 4.69) is 27.6 Å². The lowest BCUT2D eigenvalue weighted by atomic mass is 10.1. The van der Waals surface area contributed by atoms with Crippen molar-refractivity contribution in [3.05, 3.63) is 35.9 Å². The van der Waals surface area contributed by atoms with Gasteiger partial charge in [-0.15, -0.1) is 10.2 Å². The zero-order valence-electron chi connectivity index (χ0n) is 12.4. The Labute approximate surface area is 138 Å². The molecule has 0 bridgehead atoms.